The van der Waals surface area contributed by atoms with Gasteiger partial charge in [-0.3, -0.25) is 0 Å². The SMILES string of the molecule is [O-]B([O-])OCCO.[Zn+2]. The Bertz CT molecular complexity index is 43.0. The quantitative estimate of drug-likeness (QED) is 0.449. The van der Waals surface area contributed by atoms with Crippen LogP contribution in [0.3, 0.4) is 0 Å². The van der Waals surface area contributed by atoms with E-state index in [9.17, 15) is 10.0 Å². The number of aliphatic hydroxyl groups excluding tert-OH is 1. The number of rotatable bonds is 3. The van der Waals surface area contributed by atoms with Gasteiger partial charge in [-0.15, -0.1) is 0 Å². The van der Waals surface area contributed by atoms with Crippen molar-refractivity contribution in [1.82, 2.24) is 0 Å². The summed E-state index contributed by atoms with van der Waals surface area (Å²) in [6.07, 6.45) is 0. The van der Waals surface area contributed by atoms with Crippen molar-refractivity contribution >= 4 is 7.32 Å². The van der Waals surface area contributed by atoms with E-state index in [2.05, 4.69) is 4.65 Å². The van der Waals surface area contributed by atoms with Crippen molar-refractivity contribution in [2.75, 3.05) is 13.2 Å². The minimum atomic E-state index is -2.26. The van der Waals surface area contributed by atoms with Crippen LogP contribution in [0.4, 0.5) is 0 Å². The second kappa shape index (κ2) is 7.53. The maximum absolute atomic E-state index is 9.40. The Hall–Kier alpha value is 0.528. The molecule has 0 rings (SSSR count). The molecule has 0 aliphatic carbocycles. The molecule has 0 saturated carbocycles. The molecule has 0 amide bonds. The smallest absolute Gasteiger partial charge is 0.871 e. The number of hydrogen-bond donors (Lipinski definition) is 1. The summed E-state index contributed by atoms with van der Waals surface area (Å²) in [7, 11) is -2.26. The van der Waals surface area contributed by atoms with Gasteiger partial charge in [-0.1, -0.05) is 0 Å². The molecular weight excluding hydrogens is 164 g/mol. The van der Waals surface area contributed by atoms with Crippen molar-refractivity contribution in [3.8, 4) is 0 Å². The molecule has 8 heavy (non-hydrogen) atoms. The van der Waals surface area contributed by atoms with Crippen molar-refractivity contribution in [1.29, 1.82) is 0 Å². The van der Waals surface area contributed by atoms with Gasteiger partial charge in [0, 0.05) is 6.61 Å². The van der Waals surface area contributed by atoms with E-state index in [1.54, 1.807) is 0 Å². The fraction of sp³-hybridized carbons (Fsp3) is 1.00. The Morgan fingerprint density at radius 1 is 1.50 bits per heavy atom. The Labute approximate surface area is 60.4 Å². The first-order valence-corrected chi connectivity index (χ1v) is 1.81. The standard InChI is InChI=1S/C2H5BO4.Zn/c4-1-2-7-3(5)6;/h4H,1-2H2;/q-2;+2. The van der Waals surface area contributed by atoms with Crippen LogP contribution in [0.25, 0.3) is 0 Å². The van der Waals surface area contributed by atoms with Crippen molar-refractivity contribution in [2.24, 2.45) is 0 Å². The first-order chi connectivity index (χ1) is 3.27. The molecule has 0 unspecified atom stereocenters. The van der Waals surface area contributed by atoms with Gasteiger partial charge in [0.15, 0.2) is 0 Å². The zero-order chi connectivity index (χ0) is 5.70. The van der Waals surface area contributed by atoms with E-state index in [0.717, 1.165) is 0 Å². The van der Waals surface area contributed by atoms with Gasteiger partial charge < -0.3 is 19.8 Å². The molecular formula is C2H5BO4Zn. The third kappa shape index (κ3) is 9.73. The predicted octanol–water partition coefficient (Wildman–Crippen LogP) is -3.30. The average molecular weight is 169 g/mol. The topological polar surface area (TPSA) is 75.6 Å². The molecule has 1 N–H and O–H groups in total. The van der Waals surface area contributed by atoms with Crippen LogP contribution in [0.5, 0.6) is 0 Å². The summed E-state index contributed by atoms with van der Waals surface area (Å²) in [5, 5.41) is 26.7. The zero-order valence-electron chi connectivity index (χ0n) is 4.37. The minimum absolute atomic E-state index is 0. The summed E-state index contributed by atoms with van der Waals surface area (Å²) in [4.78, 5) is 0. The molecule has 6 heteroatoms. The molecule has 0 heterocycles. The molecule has 42 valence electrons. The summed E-state index contributed by atoms with van der Waals surface area (Å²) < 4.78 is 3.83. The zero-order valence-corrected chi connectivity index (χ0v) is 7.34. The van der Waals surface area contributed by atoms with Crippen LogP contribution in [-0.2, 0) is 24.1 Å². The van der Waals surface area contributed by atoms with Crippen LogP contribution in [0.15, 0.2) is 0 Å². The second-order valence-corrected chi connectivity index (χ2v) is 0.883. The molecule has 0 aromatic carbocycles. The average Bonchev–Trinajstić information content (AvgIpc) is 1.61. The molecule has 0 saturated heterocycles. The number of aliphatic hydroxyl groups is 1. The van der Waals surface area contributed by atoms with Crippen LogP contribution >= 0.6 is 0 Å². The van der Waals surface area contributed by atoms with Crippen molar-refractivity contribution in [2.45, 2.75) is 0 Å². The summed E-state index contributed by atoms with van der Waals surface area (Å²) in [6, 6.07) is 0. The minimum Gasteiger partial charge on any atom is -0.871 e. The summed E-state index contributed by atoms with van der Waals surface area (Å²) in [5.41, 5.74) is 0. The Balaban J connectivity index is 0. The summed E-state index contributed by atoms with van der Waals surface area (Å²) in [5.74, 6) is 0. The molecule has 0 aliphatic heterocycles. The first kappa shape index (κ1) is 11.3. The molecule has 0 spiro atoms. The molecule has 0 radical (unpaired) electrons. The van der Waals surface area contributed by atoms with Gasteiger partial charge >= 0.3 is 19.5 Å². The van der Waals surface area contributed by atoms with Gasteiger partial charge in [-0.25, -0.2) is 0 Å². The number of hydrogen-bond acceptors (Lipinski definition) is 4. The molecule has 4 nitrogen and oxygen atoms in total. The van der Waals surface area contributed by atoms with E-state index in [4.69, 9.17) is 5.11 Å². The third-order valence-corrected chi connectivity index (χ3v) is 0.345. The largest absolute Gasteiger partial charge is 2.00 e. The van der Waals surface area contributed by atoms with Gasteiger partial charge in [0.1, 0.15) is 0 Å². The Morgan fingerprint density at radius 2 is 2.00 bits per heavy atom. The van der Waals surface area contributed by atoms with Gasteiger partial charge in [0.05, 0.1) is 13.9 Å². The van der Waals surface area contributed by atoms with Crippen LogP contribution in [0.1, 0.15) is 0 Å². The van der Waals surface area contributed by atoms with Crippen LogP contribution < -0.4 is 10.0 Å². The summed E-state index contributed by atoms with van der Waals surface area (Å²) >= 11 is 0. The van der Waals surface area contributed by atoms with E-state index >= 15 is 0 Å². The van der Waals surface area contributed by atoms with Crippen molar-refractivity contribution in [3.63, 3.8) is 0 Å². The monoisotopic (exact) mass is 168 g/mol. The molecule has 0 bridgehead atoms. The van der Waals surface area contributed by atoms with E-state index in [1.165, 1.54) is 0 Å². The van der Waals surface area contributed by atoms with Crippen LogP contribution in [0.2, 0.25) is 0 Å². The predicted molar refractivity (Wildman–Crippen MR) is 18.8 cm³/mol. The molecule has 0 atom stereocenters. The molecule has 0 aromatic rings. The maximum atomic E-state index is 9.40. The maximum Gasteiger partial charge on any atom is 2.00 e. The normalized spacial score (nSPS) is 7.88. The molecule has 0 fully saturated rings. The third-order valence-electron chi connectivity index (χ3n) is 0.345. The van der Waals surface area contributed by atoms with Gasteiger partial charge in [-0.2, -0.15) is 0 Å². The van der Waals surface area contributed by atoms with Gasteiger partial charge in [0.2, 0.25) is 0 Å². The van der Waals surface area contributed by atoms with Gasteiger partial charge in [0.25, 0.3) is 0 Å². The fourth-order valence-electron chi connectivity index (χ4n) is 0.149. The van der Waals surface area contributed by atoms with E-state index in [1.807, 2.05) is 0 Å². The Kier molecular flexibility index (Phi) is 10.7. The summed E-state index contributed by atoms with van der Waals surface area (Å²) in [6.45, 7) is -0.446. The van der Waals surface area contributed by atoms with Gasteiger partial charge in [-0.05, 0) is 0 Å². The molecule has 0 aliphatic rings. The second-order valence-electron chi connectivity index (χ2n) is 0.883. The van der Waals surface area contributed by atoms with E-state index in [-0.39, 0.29) is 32.7 Å². The van der Waals surface area contributed by atoms with Crippen LogP contribution in [0, 0.1) is 0 Å². The first-order valence-electron chi connectivity index (χ1n) is 1.81. The van der Waals surface area contributed by atoms with Crippen LogP contribution in [-0.4, -0.2) is 25.6 Å². The van der Waals surface area contributed by atoms with E-state index < -0.39 is 7.32 Å². The fourth-order valence-corrected chi connectivity index (χ4v) is 0.149. The van der Waals surface area contributed by atoms with Crippen molar-refractivity contribution < 1.29 is 39.3 Å². The molecule has 0 aromatic heterocycles. The van der Waals surface area contributed by atoms with Crippen molar-refractivity contribution in [3.05, 3.63) is 0 Å². The van der Waals surface area contributed by atoms with E-state index in [0.29, 0.717) is 0 Å². The Morgan fingerprint density at radius 3 is 2.12 bits per heavy atom.